The predicted molar refractivity (Wildman–Crippen MR) is 152 cm³/mol. The van der Waals surface area contributed by atoms with Crippen molar-refractivity contribution in [3.8, 4) is 28.5 Å². The van der Waals surface area contributed by atoms with Gasteiger partial charge in [-0.25, -0.2) is 9.97 Å². The van der Waals surface area contributed by atoms with Crippen LogP contribution in [-0.2, 0) is 10.2 Å². The van der Waals surface area contributed by atoms with Gasteiger partial charge in [0.2, 0.25) is 5.91 Å². The molecule has 1 fully saturated rings. The largest absolute Gasteiger partial charge is 0.322 e. The molecule has 2 N–H and O–H groups in total. The minimum atomic E-state index is -0.689. The number of hydrogen-bond donors (Lipinski definition) is 2. The van der Waals surface area contributed by atoms with E-state index in [-0.39, 0.29) is 17.7 Å². The Morgan fingerprint density at radius 2 is 1.69 bits per heavy atom. The first kappa shape index (κ1) is 25.8. The number of hydrogen-bond acceptors (Lipinski definition) is 5. The minimum absolute atomic E-state index is 0.00314. The number of rotatable bonds is 7. The summed E-state index contributed by atoms with van der Waals surface area (Å²) in [4.78, 5) is 33.8. The summed E-state index contributed by atoms with van der Waals surface area (Å²) < 4.78 is 0. The van der Waals surface area contributed by atoms with Crippen LogP contribution in [0.15, 0.2) is 79.1 Å². The second-order valence-electron chi connectivity index (χ2n) is 10.4. The number of nitrogens with zero attached hydrogens (tertiary/aromatic N) is 3. The molecule has 0 bridgehead atoms. The van der Waals surface area contributed by atoms with Gasteiger partial charge in [0.1, 0.15) is 12.1 Å². The van der Waals surface area contributed by atoms with Crippen LogP contribution in [0.1, 0.15) is 48.2 Å². The van der Waals surface area contributed by atoms with E-state index in [0.29, 0.717) is 22.8 Å². The highest BCUT2D eigenvalue weighted by Crippen LogP contribution is 2.32. The van der Waals surface area contributed by atoms with Crippen LogP contribution < -0.4 is 10.6 Å². The summed E-state index contributed by atoms with van der Waals surface area (Å²) in [6, 6.07) is 25.0. The summed E-state index contributed by atoms with van der Waals surface area (Å²) in [6.07, 6.45) is 3.31. The van der Waals surface area contributed by atoms with Gasteiger partial charge in [0, 0.05) is 28.8 Å². The molecular weight excluding hydrogens is 486 g/mol. The predicted octanol–water partition coefficient (Wildman–Crippen LogP) is 6.52. The lowest BCUT2D eigenvalue weighted by Gasteiger charge is -2.17. The average Bonchev–Trinajstić information content (AvgIpc) is 3.80. The Kier molecular flexibility index (Phi) is 6.95. The van der Waals surface area contributed by atoms with Crippen molar-refractivity contribution in [2.75, 3.05) is 10.6 Å². The molecule has 194 valence electrons. The van der Waals surface area contributed by atoms with Crippen molar-refractivity contribution in [3.05, 3.63) is 95.8 Å². The number of aryl methyl sites for hydroxylation is 1. The molecule has 0 atom stereocenters. The molecule has 7 heteroatoms. The van der Waals surface area contributed by atoms with E-state index in [0.717, 1.165) is 40.7 Å². The Bertz CT molecular complexity index is 1620. The zero-order valence-electron chi connectivity index (χ0n) is 22.2. The fraction of sp³-hybridized carbons (Fsp3) is 0.219. The molecule has 1 saturated carbocycles. The van der Waals surface area contributed by atoms with Crippen molar-refractivity contribution in [3.63, 3.8) is 0 Å². The summed E-state index contributed by atoms with van der Waals surface area (Å²) in [5.74, 6) is 0.348. The molecule has 1 aromatic heterocycles. The Labute approximate surface area is 228 Å². The summed E-state index contributed by atoms with van der Waals surface area (Å²) in [5, 5.41) is 15.3. The molecule has 3 aromatic carbocycles. The zero-order valence-corrected chi connectivity index (χ0v) is 22.2. The smallest absolute Gasteiger partial charge is 0.255 e. The molecule has 4 aromatic rings. The Hall–Kier alpha value is -4.83. The lowest BCUT2D eigenvalue weighted by molar-refractivity contribution is -0.117. The van der Waals surface area contributed by atoms with Crippen LogP contribution in [0.2, 0.25) is 0 Å². The maximum atomic E-state index is 13.1. The second-order valence-corrected chi connectivity index (χ2v) is 10.4. The van der Waals surface area contributed by atoms with Gasteiger partial charge in [-0.3, -0.25) is 9.59 Å². The van der Waals surface area contributed by atoms with Crippen molar-refractivity contribution in [2.45, 2.75) is 39.0 Å². The van der Waals surface area contributed by atoms with Gasteiger partial charge >= 0.3 is 0 Å². The summed E-state index contributed by atoms with van der Waals surface area (Å²) in [7, 11) is 0. The van der Waals surface area contributed by atoms with Gasteiger partial charge in [-0.1, -0.05) is 36.4 Å². The van der Waals surface area contributed by atoms with Gasteiger partial charge in [0.05, 0.1) is 17.2 Å². The number of nitriles is 1. The first-order valence-corrected chi connectivity index (χ1v) is 12.9. The van der Waals surface area contributed by atoms with Crippen molar-refractivity contribution < 1.29 is 9.59 Å². The van der Waals surface area contributed by atoms with Crippen molar-refractivity contribution >= 4 is 23.3 Å². The SMILES string of the molecule is Cc1ccc(NC(=O)c2cccc(C(C)(C)C#N)c2)cc1-c1cccc(-c2cc(NC(=O)C3CC3)ncn2)c1. The maximum absolute atomic E-state index is 13.1. The minimum Gasteiger partial charge on any atom is -0.322 e. The zero-order chi connectivity index (χ0) is 27.6. The highest BCUT2D eigenvalue weighted by molar-refractivity contribution is 6.04. The molecule has 2 amide bonds. The highest BCUT2D eigenvalue weighted by atomic mass is 16.2. The summed E-state index contributed by atoms with van der Waals surface area (Å²) in [5.41, 5.74) is 5.87. The van der Waals surface area contributed by atoms with E-state index in [9.17, 15) is 14.9 Å². The van der Waals surface area contributed by atoms with Gasteiger partial charge in [-0.05, 0) is 86.2 Å². The Balaban J connectivity index is 1.38. The van der Waals surface area contributed by atoms with Crippen LogP contribution in [0.3, 0.4) is 0 Å². The monoisotopic (exact) mass is 515 g/mol. The Morgan fingerprint density at radius 3 is 2.46 bits per heavy atom. The molecule has 1 aliphatic carbocycles. The van der Waals surface area contributed by atoms with Gasteiger partial charge in [0.25, 0.3) is 5.91 Å². The summed E-state index contributed by atoms with van der Waals surface area (Å²) in [6.45, 7) is 5.69. The van der Waals surface area contributed by atoms with Crippen LogP contribution in [0.25, 0.3) is 22.4 Å². The van der Waals surface area contributed by atoms with E-state index < -0.39 is 5.41 Å². The van der Waals surface area contributed by atoms with E-state index in [1.807, 2.05) is 69.3 Å². The summed E-state index contributed by atoms with van der Waals surface area (Å²) >= 11 is 0. The number of aromatic nitrogens is 2. The number of anilines is 2. The first-order chi connectivity index (χ1) is 18.7. The third-order valence-corrected chi connectivity index (χ3v) is 6.96. The quantitative estimate of drug-likeness (QED) is 0.291. The standard InChI is InChI=1S/C32H29N5O2/c1-20-10-13-26(36-31(39)24-8-5-9-25(15-24)32(2,3)18-33)16-27(20)22-6-4-7-23(14-22)28-17-29(35-19-34-28)37-30(38)21-11-12-21/h4-10,13-17,19,21H,11-12H2,1-3H3,(H,36,39)(H,34,35,37,38). The maximum Gasteiger partial charge on any atom is 0.255 e. The van der Waals surface area contributed by atoms with E-state index in [1.54, 1.807) is 24.3 Å². The molecule has 5 rings (SSSR count). The van der Waals surface area contributed by atoms with Crippen LogP contribution >= 0.6 is 0 Å². The van der Waals surface area contributed by atoms with Crippen LogP contribution in [0.5, 0.6) is 0 Å². The normalized spacial score (nSPS) is 12.9. The van der Waals surface area contributed by atoms with Crippen LogP contribution in [0, 0.1) is 24.2 Å². The molecule has 0 radical (unpaired) electrons. The van der Waals surface area contributed by atoms with Crippen molar-refractivity contribution in [1.29, 1.82) is 5.26 Å². The van der Waals surface area contributed by atoms with Crippen LogP contribution in [0.4, 0.5) is 11.5 Å². The molecule has 39 heavy (non-hydrogen) atoms. The molecule has 7 nitrogen and oxygen atoms in total. The lowest BCUT2D eigenvalue weighted by atomic mass is 9.85. The third kappa shape index (κ3) is 5.86. The molecule has 0 aliphatic heterocycles. The topological polar surface area (TPSA) is 108 Å². The molecule has 1 aliphatic rings. The van der Waals surface area contributed by atoms with E-state index in [2.05, 4.69) is 26.7 Å². The number of benzene rings is 3. The fourth-order valence-corrected chi connectivity index (χ4v) is 4.33. The number of carbonyl (C=O) groups is 2. The first-order valence-electron chi connectivity index (χ1n) is 12.9. The molecule has 0 unspecified atom stereocenters. The third-order valence-electron chi connectivity index (χ3n) is 6.96. The Morgan fingerprint density at radius 1 is 0.923 bits per heavy atom. The van der Waals surface area contributed by atoms with E-state index in [1.165, 1.54) is 6.33 Å². The highest BCUT2D eigenvalue weighted by Gasteiger charge is 2.29. The van der Waals surface area contributed by atoms with Crippen molar-refractivity contribution in [2.24, 2.45) is 5.92 Å². The van der Waals surface area contributed by atoms with E-state index in [4.69, 9.17) is 0 Å². The van der Waals surface area contributed by atoms with Gasteiger partial charge < -0.3 is 10.6 Å². The average molecular weight is 516 g/mol. The molecule has 1 heterocycles. The van der Waals surface area contributed by atoms with Gasteiger partial charge in [-0.15, -0.1) is 0 Å². The molecular formula is C32H29N5O2. The number of carbonyl (C=O) groups excluding carboxylic acids is 2. The lowest BCUT2D eigenvalue weighted by Crippen LogP contribution is -2.17. The van der Waals surface area contributed by atoms with Crippen molar-refractivity contribution in [1.82, 2.24) is 9.97 Å². The van der Waals surface area contributed by atoms with Crippen LogP contribution in [-0.4, -0.2) is 21.8 Å². The van der Waals surface area contributed by atoms with Gasteiger partial charge in [-0.2, -0.15) is 5.26 Å². The molecule has 0 saturated heterocycles. The number of nitrogens with one attached hydrogen (secondary N) is 2. The van der Waals surface area contributed by atoms with E-state index >= 15 is 0 Å². The fourth-order valence-electron chi connectivity index (χ4n) is 4.33. The number of amides is 2. The second kappa shape index (κ2) is 10.5. The molecule has 0 spiro atoms. The van der Waals surface area contributed by atoms with Gasteiger partial charge in [0.15, 0.2) is 0 Å².